The fraction of sp³-hybridized carbons (Fsp3) is 0.538. The Morgan fingerprint density at radius 2 is 2.33 bits per heavy atom. The van der Waals surface area contributed by atoms with Crippen molar-refractivity contribution in [3.63, 3.8) is 0 Å². The molecule has 0 saturated heterocycles. The van der Waals surface area contributed by atoms with E-state index in [0.717, 1.165) is 12.1 Å². The first-order valence-corrected chi connectivity index (χ1v) is 6.81. The Labute approximate surface area is 111 Å². The van der Waals surface area contributed by atoms with Gasteiger partial charge in [0.05, 0.1) is 6.07 Å². The lowest BCUT2D eigenvalue weighted by atomic mass is 10.1. The monoisotopic (exact) mass is 266 g/mol. The second-order valence-corrected chi connectivity index (χ2v) is 5.53. The van der Waals surface area contributed by atoms with Crippen LogP contribution >= 0.6 is 11.3 Å². The van der Waals surface area contributed by atoms with Gasteiger partial charge in [0.25, 0.3) is 0 Å². The summed E-state index contributed by atoms with van der Waals surface area (Å²) in [6.45, 7) is 6.39. The highest BCUT2D eigenvalue weighted by molar-refractivity contribution is 7.12. The Kier molecular flexibility index (Phi) is 5.83. The molecule has 0 amide bonds. The van der Waals surface area contributed by atoms with Gasteiger partial charge in [-0.25, -0.2) is 4.79 Å². The molecule has 0 aromatic carbocycles. The zero-order valence-electron chi connectivity index (χ0n) is 10.7. The SMILES string of the molecule is CC(C)CN(CCC#N)Cc1ccsc1C(=O)O. The average Bonchev–Trinajstić information content (AvgIpc) is 2.73. The number of rotatable bonds is 7. The van der Waals surface area contributed by atoms with E-state index in [1.807, 2.05) is 6.07 Å². The van der Waals surface area contributed by atoms with Crippen LogP contribution in [-0.4, -0.2) is 29.1 Å². The maximum Gasteiger partial charge on any atom is 0.346 e. The fourth-order valence-corrected chi connectivity index (χ4v) is 2.60. The van der Waals surface area contributed by atoms with Crippen LogP contribution in [0.3, 0.4) is 0 Å². The minimum Gasteiger partial charge on any atom is -0.477 e. The molecule has 0 aliphatic heterocycles. The van der Waals surface area contributed by atoms with Crippen LogP contribution in [0.15, 0.2) is 11.4 Å². The van der Waals surface area contributed by atoms with Crippen molar-refractivity contribution in [2.45, 2.75) is 26.8 Å². The number of carbonyl (C=O) groups is 1. The summed E-state index contributed by atoms with van der Waals surface area (Å²) in [6, 6.07) is 3.99. The Bertz CT molecular complexity index is 434. The number of carboxylic acids is 1. The third-order valence-corrected chi connectivity index (χ3v) is 3.44. The summed E-state index contributed by atoms with van der Waals surface area (Å²) in [6.07, 6.45) is 0.471. The normalized spacial score (nSPS) is 10.8. The first-order valence-electron chi connectivity index (χ1n) is 5.93. The minimum atomic E-state index is -0.871. The van der Waals surface area contributed by atoms with E-state index < -0.39 is 5.97 Å². The number of carboxylic acid groups (broad SMARTS) is 1. The van der Waals surface area contributed by atoms with Crippen LogP contribution in [0.4, 0.5) is 0 Å². The number of hydrogen-bond donors (Lipinski definition) is 1. The zero-order valence-corrected chi connectivity index (χ0v) is 11.5. The lowest BCUT2D eigenvalue weighted by Gasteiger charge is -2.23. The Morgan fingerprint density at radius 3 is 2.89 bits per heavy atom. The van der Waals surface area contributed by atoms with Gasteiger partial charge in [0, 0.05) is 26.1 Å². The number of aromatic carboxylic acids is 1. The van der Waals surface area contributed by atoms with Gasteiger partial charge < -0.3 is 5.11 Å². The Hall–Kier alpha value is -1.38. The third-order valence-electron chi connectivity index (χ3n) is 2.50. The van der Waals surface area contributed by atoms with E-state index in [9.17, 15) is 4.79 Å². The molecule has 0 saturated carbocycles. The van der Waals surface area contributed by atoms with Crippen LogP contribution in [0.5, 0.6) is 0 Å². The minimum absolute atomic E-state index is 0.403. The molecule has 0 spiro atoms. The molecule has 1 aromatic heterocycles. The summed E-state index contributed by atoms with van der Waals surface area (Å²) < 4.78 is 0. The van der Waals surface area contributed by atoms with Crippen LogP contribution in [-0.2, 0) is 6.54 Å². The largest absolute Gasteiger partial charge is 0.477 e. The molecular formula is C13H18N2O2S. The predicted octanol–water partition coefficient (Wildman–Crippen LogP) is 2.82. The van der Waals surface area contributed by atoms with Crippen molar-refractivity contribution in [3.8, 4) is 6.07 Å². The van der Waals surface area contributed by atoms with Gasteiger partial charge in [-0.15, -0.1) is 11.3 Å². The molecule has 1 heterocycles. The molecule has 0 radical (unpaired) electrons. The maximum absolute atomic E-state index is 11.0. The summed E-state index contributed by atoms with van der Waals surface area (Å²) in [5, 5.41) is 19.5. The van der Waals surface area contributed by atoms with Crippen molar-refractivity contribution in [1.29, 1.82) is 5.26 Å². The van der Waals surface area contributed by atoms with Gasteiger partial charge in [0.15, 0.2) is 0 Å². The topological polar surface area (TPSA) is 64.3 Å². The lowest BCUT2D eigenvalue weighted by molar-refractivity contribution is 0.0700. The van der Waals surface area contributed by atoms with Crippen LogP contribution < -0.4 is 0 Å². The van der Waals surface area contributed by atoms with Crippen LogP contribution in [0, 0.1) is 17.2 Å². The van der Waals surface area contributed by atoms with Gasteiger partial charge in [0.2, 0.25) is 0 Å². The molecule has 1 aromatic rings. The molecule has 98 valence electrons. The second-order valence-electron chi connectivity index (χ2n) is 4.62. The van der Waals surface area contributed by atoms with Crippen LogP contribution in [0.2, 0.25) is 0 Å². The van der Waals surface area contributed by atoms with E-state index >= 15 is 0 Å². The quantitative estimate of drug-likeness (QED) is 0.824. The molecule has 0 aliphatic carbocycles. The summed E-state index contributed by atoms with van der Waals surface area (Å²) in [4.78, 5) is 13.6. The highest BCUT2D eigenvalue weighted by atomic mass is 32.1. The first-order chi connectivity index (χ1) is 8.54. The molecule has 0 unspecified atom stereocenters. The van der Waals surface area contributed by atoms with E-state index in [0.29, 0.717) is 30.3 Å². The summed E-state index contributed by atoms with van der Waals surface area (Å²) in [7, 11) is 0. The van der Waals surface area contributed by atoms with E-state index in [1.54, 1.807) is 5.38 Å². The van der Waals surface area contributed by atoms with Crippen molar-refractivity contribution in [1.82, 2.24) is 4.90 Å². The van der Waals surface area contributed by atoms with Crippen LogP contribution in [0.1, 0.15) is 35.5 Å². The number of thiophene rings is 1. The fourth-order valence-electron chi connectivity index (χ4n) is 1.85. The second kappa shape index (κ2) is 7.14. The van der Waals surface area contributed by atoms with E-state index in [2.05, 4.69) is 24.8 Å². The first kappa shape index (κ1) is 14.7. The highest BCUT2D eigenvalue weighted by Crippen LogP contribution is 2.19. The lowest BCUT2D eigenvalue weighted by Crippen LogP contribution is -2.28. The molecule has 1 N–H and O–H groups in total. The van der Waals surface area contributed by atoms with Gasteiger partial charge in [-0.1, -0.05) is 13.8 Å². The Morgan fingerprint density at radius 1 is 1.61 bits per heavy atom. The van der Waals surface area contributed by atoms with Crippen molar-refractivity contribution in [2.75, 3.05) is 13.1 Å². The number of nitriles is 1. The van der Waals surface area contributed by atoms with Gasteiger partial charge in [-0.2, -0.15) is 5.26 Å². The van der Waals surface area contributed by atoms with E-state index in [4.69, 9.17) is 10.4 Å². The van der Waals surface area contributed by atoms with Crippen molar-refractivity contribution in [3.05, 3.63) is 21.9 Å². The van der Waals surface area contributed by atoms with Crippen molar-refractivity contribution in [2.24, 2.45) is 5.92 Å². The van der Waals surface area contributed by atoms with E-state index in [1.165, 1.54) is 11.3 Å². The molecule has 0 aliphatic rings. The summed E-state index contributed by atoms with van der Waals surface area (Å²) in [5.41, 5.74) is 0.839. The van der Waals surface area contributed by atoms with Crippen molar-refractivity contribution < 1.29 is 9.90 Å². The number of nitrogens with zero attached hydrogens (tertiary/aromatic N) is 2. The standard InChI is InChI=1S/C13H18N2O2S/c1-10(2)8-15(6-3-5-14)9-11-4-7-18-12(11)13(16)17/h4,7,10H,3,6,8-9H2,1-2H3,(H,16,17). The smallest absolute Gasteiger partial charge is 0.346 e. The van der Waals surface area contributed by atoms with E-state index in [-0.39, 0.29) is 0 Å². The van der Waals surface area contributed by atoms with Crippen LogP contribution in [0.25, 0.3) is 0 Å². The Balaban J connectivity index is 2.72. The third kappa shape index (κ3) is 4.47. The maximum atomic E-state index is 11.0. The molecule has 0 bridgehead atoms. The molecule has 1 rings (SSSR count). The summed E-state index contributed by atoms with van der Waals surface area (Å²) in [5.74, 6) is -0.375. The van der Waals surface area contributed by atoms with Gasteiger partial charge >= 0.3 is 5.97 Å². The summed E-state index contributed by atoms with van der Waals surface area (Å²) >= 11 is 1.25. The number of hydrogen-bond acceptors (Lipinski definition) is 4. The highest BCUT2D eigenvalue weighted by Gasteiger charge is 2.15. The predicted molar refractivity (Wildman–Crippen MR) is 71.6 cm³/mol. The molecular weight excluding hydrogens is 248 g/mol. The molecule has 0 fully saturated rings. The molecule has 5 heteroatoms. The average molecular weight is 266 g/mol. The van der Waals surface area contributed by atoms with Gasteiger partial charge in [0.1, 0.15) is 4.88 Å². The van der Waals surface area contributed by atoms with Crippen molar-refractivity contribution >= 4 is 17.3 Å². The molecule has 0 atom stereocenters. The van der Waals surface area contributed by atoms with Gasteiger partial charge in [-0.05, 0) is 22.9 Å². The molecule has 18 heavy (non-hydrogen) atoms. The van der Waals surface area contributed by atoms with Gasteiger partial charge in [-0.3, -0.25) is 4.90 Å². The molecule has 4 nitrogen and oxygen atoms in total. The zero-order chi connectivity index (χ0) is 13.5.